The van der Waals surface area contributed by atoms with Crippen LogP contribution in [0, 0.1) is 5.92 Å². The van der Waals surface area contributed by atoms with Gasteiger partial charge in [0.2, 0.25) is 6.79 Å². The summed E-state index contributed by atoms with van der Waals surface area (Å²) in [5.74, 6) is 0.0554. The van der Waals surface area contributed by atoms with Gasteiger partial charge < -0.3 is 19.3 Å². The molecular weight excluding hydrogens is 236 g/mol. The standard InChI is InChI=1S/C13H16O5/c1-8(13(14)15)5-9-3-4-10(6-16-2)12-11(9)17-7-18-12/h3-4,8H,5-7H2,1-2H3,(H,14,15). The number of hydrogen-bond donors (Lipinski definition) is 1. The third-order valence-electron chi connectivity index (χ3n) is 2.93. The van der Waals surface area contributed by atoms with Crippen molar-refractivity contribution in [1.29, 1.82) is 0 Å². The largest absolute Gasteiger partial charge is 0.481 e. The number of fused-ring (bicyclic) bond motifs is 1. The van der Waals surface area contributed by atoms with E-state index < -0.39 is 11.9 Å². The second-order valence-corrected chi connectivity index (χ2v) is 4.33. The Morgan fingerprint density at radius 1 is 1.39 bits per heavy atom. The molecule has 0 amide bonds. The molecule has 0 bridgehead atoms. The minimum atomic E-state index is -0.816. The van der Waals surface area contributed by atoms with E-state index in [1.165, 1.54) is 0 Å². The van der Waals surface area contributed by atoms with Crippen molar-refractivity contribution < 1.29 is 24.1 Å². The van der Waals surface area contributed by atoms with Gasteiger partial charge >= 0.3 is 5.97 Å². The Morgan fingerprint density at radius 3 is 2.61 bits per heavy atom. The Kier molecular flexibility index (Phi) is 3.72. The Balaban J connectivity index is 2.28. The van der Waals surface area contributed by atoms with Crippen LogP contribution < -0.4 is 9.47 Å². The van der Waals surface area contributed by atoms with Crippen molar-refractivity contribution in [3.05, 3.63) is 23.3 Å². The smallest absolute Gasteiger partial charge is 0.306 e. The molecule has 0 saturated heterocycles. The summed E-state index contributed by atoms with van der Waals surface area (Å²) in [5, 5.41) is 8.94. The second kappa shape index (κ2) is 5.27. The van der Waals surface area contributed by atoms with E-state index in [4.69, 9.17) is 19.3 Å². The van der Waals surface area contributed by atoms with Gasteiger partial charge in [-0.3, -0.25) is 4.79 Å². The molecule has 5 nitrogen and oxygen atoms in total. The summed E-state index contributed by atoms with van der Waals surface area (Å²) < 4.78 is 15.9. The van der Waals surface area contributed by atoms with Crippen LogP contribution in [0.2, 0.25) is 0 Å². The van der Waals surface area contributed by atoms with Crippen molar-refractivity contribution in [1.82, 2.24) is 0 Å². The Bertz CT molecular complexity index is 455. The molecule has 0 aromatic heterocycles. The van der Waals surface area contributed by atoms with Crippen LogP contribution in [0.25, 0.3) is 0 Å². The summed E-state index contributed by atoms with van der Waals surface area (Å²) >= 11 is 0. The van der Waals surface area contributed by atoms with Gasteiger partial charge in [-0.1, -0.05) is 19.1 Å². The first-order valence-corrected chi connectivity index (χ1v) is 5.75. The van der Waals surface area contributed by atoms with Gasteiger partial charge in [0, 0.05) is 12.7 Å². The van der Waals surface area contributed by atoms with E-state index in [1.807, 2.05) is 12.1 Å². The molecule has 5 heteroatoms. The summed E-state index contributed by atoms with van der Waals surface area (Å²) in [7, 11) is 1.61. The van der Waals surface area contributed by atoms with Crippen molar-refractivity contribution in [3.8, 4) is 11.5 Å². The van der Waals surface area contributed by atoms with E-state index in [0.717, 1.165) is 11.1 Å². The lowest BCUT2D eigenvalue weighted by Gasteiger charge is -2.11. The SMILES string of the molecule is COCc1ccc(CC(C)C(=O)O)c2c1OCO2. The van der Waals surface area contributed by atoms with Gasteiger partial charge in [-0.05, 0) is 12.0 Å². The number of carbonyl (C=O) groups is 1. The van der Waals surface area contributed by atoms with E-state index >= 15 is 0 Å². The Morgan fingerprint density at radius 2 is 2.00 bits per heavy atom. The lowest BCUT2D eigenvalue weighted by molar-refractivity contribution is -0.141. The molecule has 1 aliphatic rings. The number of rotatable bonds is 5. The van der Waals surface area contributed by atoms with Gasteiger partial charge in [-0.2, -0.15) is 0 Å². The normalized spacial score (nSPS) is 14.6. The molecule has 0 saturated carbocycles. The van der Waals surface area contributed by atoms with Crippen LogP contribution in [0.1, 0.15) is 18.1 Å². The average Bonchev–Trinajstić information content (AvgIpc) is 2.81. The molecule has 0 fully saturated rings. The molecule has 2 rings (SSSR count). The third kappa shape index (κ3) is 2.41. The monoisotopic (exact) mass is 252 g/mol. The van der Waals surface area contributed by atoms with Crippen molar-refractivity contribution in [3.63, 3.8) is 0 Å². The van der Waals surface area contributed by atoms with Crippen LogP contribution in [-0.2, 0) is 22.6 Å². The molecule has 98 valence electrons. The van der Waals surface area contributed by atoms with Gasteiger partial charge in [0.1, 0.15) is 0 Å². The van der Waals surface area contributed by atoms with Crippen molar-refractivity contribution in [2.75, 3.05) is 13.9 Å². The molecule has 1 N–H and O–H groups in total. The zero-order valence-corrected chi connectivity index (χ0v) is 10.4. The van der Waals surface area contributed by atoms with Crippen LogP contribution in [0.5, 0.6) is 11.5 Å². The van der Waals surface area contributed by atoms with Crippen molar-refractivity contribution >= 4 is 5.97 Å². The molecule has 18 heavy (non-hydrogen) atoms. The van der Waals surface area contributed by atoms with Crippen LogP contribution >= 0.6 is 0 Å². The van der Waals surface area contributed by atoms with Gasteiger partial charge in [-0.15, -0.1) is 0 Å². The number of methoxy groups -OCH3 is 1. The number of ether oxygens (including phenoxy) is 3. The number of carboxylic acid groups (broad SMARTS) is 1. The molecule has 1 aromatic rings. The summed E-state index contributed by atoms with van der Waals surface area (Å²) in [6.45, 7) is 2.29. The lowest BCUT2D eigenvalue weighted by Crippen LogP contribution is -2.12. The van der Waals surface area contributed by atoms with Crippen LogP contribution in [0.3, 0.4) is 0 Å². The minimum Gasteiger partial charge on any atom is -0.481 e. The van der Waals surface area contributed by atoms with E-state index in [0.29, 0.717) is 24.5 Å². The van der Waals surface area contributed by atoms with Crippen LogP contribution in [0.15, 0.2) is 12.1 Å². The fourth-order valence-electron chi connectivity index (χ4n) is 1.96. The maximum Gasteiger partial charge on any atom is 0.306 e. The predicted octanol–water partition coefficient (Wildman–Crippen LogP) is 1.82. The second-order valence-electron chi connectivity index (χ2n) is 4.33. The zero-order chi connectivity index (χ0) is 13.1. The van der Waals surface area contributed by atoms with Gasteiger partial charge in [-0.25, -0.2) is 0 Å². The maximum absolute atomic E-state index is 10.9. The van der Waals surface area contributed by atoms with E-state index in [-0.39, 0.29) is 6.79 Å². The molecule has 1 aromatic carbocycles. The molecule has 1 unspecified atom stereocenters. The predicted molar refractivity (Wildman–Crippen MR) is 63.8 cm³/mol. The Hall–Kier alpha value is -1.75. The number of benzene rings is 1. The van der Waals surface area contributed by atoms with Crippen molar-refractivity contribution in [2.45, 2.75) is 20.0 Å². The first-order valence-electron chi connectivity index (χ1n) is 5.75. The maximum atomic E-state index is 10.9. The molecule has 1 heterocycles. The fraction of sp³-hybridized carbons (Fsp3) is 0.462. The minimum absolute atomic E-state index is 0.171. The molecular formula is C13H16O5. The highest BCUT2D eigenvalue weighted by Gasteiger charge is 2.24. The third-order valence-corrected chi connectivity index (χ3v) is 2.93. The van der Waals surface area contributed by atoms with Crippen LogP contribution in [0.4, 0.5) is 0 Å². The zero-order valence-electron chi connectivity index (χ0n) is 10.4. The first-order chi connectivity index (χ1) is 8.63. The number of aliphatic carboxylic acids is 1. The average molecular weight is 252 g/mol. The number of hydrogen-bond acceptors (Lipinski definition) is 4. The highest BCUT2D eigenvalue weighted by Crippen LogP contribution is 2.40. The quantitative estimate of drug-likeness (QED) is 0.866. The first kappa shape index (κ1) is 12.7. The van der Waals surface area contributed by atoms with E-state index in [1.54, 1.807) is 14.0 Å². The topological polar surface area (TPSA) is 65.0 Å². The summed E-state index contributed by atoms with van der Waals surface area (Å²) in [4.78, 5) is 10.9. The summed E-state index contributed by atoms with van der Waals surface area (Å²) in [6, 6.07) is 3.77. The molecule has 1 aliphatic heterocycles. The Labute approximate surface area is 105 Å². The molecule has 1 atom stereocenters. The van der Waals surface area contributed by atoms with Crippen LogP contribution in [-0.4, -0.2) is 25.0 Å². The van der Waals surface area contributed by atoms with E-state index in [9.17, 15) is 4.79 Å². The summed E-state index contributed by atoms with van der Waals surface area (Å²) in [6.07, 6.45) is 0.425. The van der Waals surface area contributed by atoms with Gasteiger partial charge in [0.25, 0.3) is 0 Å². The van der Waals surface area contributed by atoms with Crippen molar-refractivity contribution in [2.24, 2.45) is 5.92 Å². The van der Waals surface area contributed by atoms with Gasteiger partial charge in [0.15, 0.2) is 11.5 Å². The van der Waals surface area contributed by atoms with Gasteiger partial charge in [0.05, 0.1) is 12.5 Å². The lowest BCUT2D eigenvalue weighted by atomic mass is 9.98. The molecule has 0 radical (unpaired) electrons. The summed E-state index contributed by atoms with van der Waals surface area (Å²) in [5.41, 5.74) is 1.77. The highest BCUT2D eigenvalue weighted by atomic mass is 16.7. The molecule has 0 aliphatic carbocycles. The van der Waals surface area contributed by atoms with E-state index in [2.05, 4.69) is 0 Å². The fourth-order valence-corrected chi connectivity index (χ4v) is 1.96. The highest BCUT2D eigenvalue weighted by molar-refractivity contribution is 5.70. The molecule has 0 spiro atoms. The number of carboxylic acids is 1.